The molecule has 0 spiro atoms. The van der Waals surface area contributed by atoms with E-state index in [1.54, 1.807) is 0 Å². The van der Waals surface area contributed by atoms with Gasteiger partial charge in [0.25, 0.3) is 0 Å². The van der Waals surface area contributed by atoms with Crippen molar-refractivity contribution in [3.05, 3.63) is 10.6 Å². The quantitative estimate of drug-likeness (QED) is 0.781. The third kappa shape index (κ3) is 4.46. The first-order chi connectivity index (χ1) is 9.01. The summed E-state index contributed by atoms with van der Waals surface area (Å²) in [7, 11) is 0. The van der Waals surface area contributed by atoms with E-state index < -0.39 is 0 Å². The van der Waals surface area contributed by atoms with Crippen LogP contribution >= 0.6 is 11.3 Å². The van der Waals surface area contributed by atoms with Crippen molar-refractivity contribution in [3.8, 4) is 0 Å². The van der Waals surface area contributed by atoms with Crippen molar-refractivity contribution in [2.75, 3.05) is 18.0 Å². The van der Waals surface area contributed by atoms with Crippen molar-refractivity contribution in [2.45, 2.75) is 66.5 Å². The van der Waals surface area contributed by atoms with Gasteiger partial charge >= 0.3 is 0 Å². The minimum absolute atomic E-state index is 0.495. The molecule has 3 nitrogen and oxygen atoms in total. The van der Waals surface area contributed by atoms with Crippen LogP contribution in [0.15, 0.2) is 0 Å². The van der Waals surface area contributed by atoms with Crippen LogP contribution in [0.25, 0.3) is 0 Å². The molecule has 0 saturated carbocycles. The van der Waals surface area contributed by atoms with Gasteiger partial charge in [0.05, 0.1) is 5.69 Å². The van der Waals surface area contributed by atoms with Crippen LogP contribution in [0.5, 0.6) is 0 Å². The van der Waals surface area contributed by atoms with Crippen LogP contribution in [0.3, 0.4) is 0 Å². The third-order valence-electron chi connectivity index (χ3n) is 3.13. The molecule has 1 N–H and O–H groups in total. The van der Waals surface area contributed by atoms with Gasteiger partial charge in [-0.3, -0.25) is 0 Å². The van der Waals surface area contributed by atoms with Gasteiger partial charge in [-0.15, -0.1) is 11.3 Å². The second-order valence-electron chi connectivity index (χ2n) is 5.53. The molecule has 0 radical (unpaired) electrons. The first kappa shape index (κ1) is 16.4. The summed E-state index contributed by atoms with van der Waals surface area (Å²) < 4.78 is 0. The fourth-order valence-electron chi connectivity index (χ4n) is 2.11. The number of thiazole rings is 1. The van der Waals surface area contributed by atoms with E-state index in [0.29, 0.717) is 12.0 Å². The number of anilines is 1. The maximum Gasteiger partial charge on any atom is 0.186 e. The molecular formula is C15H29N3S. The van der Waals surface area contributed by atoms with E-state index in [0.717, 1.165) is 26.1 Å². The monoisotopic (exact) mass is 283 g/mol. The van der Waals surface area contributed by atoms with E-state index in [1.807, 2.05) is 11.3 Å². The molecule has 4 heteroatoms. The van der Waals surface area contributed by atoms with Crippen LogP contribution in [0.4, 0.5) is 5.13 Å². The zero-order valence-electron chi connectivity index (χ0n) is 13.3. The van der Waals surface area contributed by atoms with Crippen LogP contribution in [0, 0.1) is 0 Å². The number of rotatable bonds is 8. The molecule has 0 amide bonds. The van der Waals surface area contributed by atoms with Crippen molar-refractivity contribution in [3.63, 3.8) is 0 Å². The summed E-state index contributed by atoms with van der Waals surface area (Å²) in [6.07, 6.45) is 1.16. The smallest absolute Gasteiger partial charge is 0.186 e. The van der Waals surface area contributed by atoms with Crippen LogP contribution < -0.4 is 10.2 Å². The summed E-state index contributed by atoms with van der Waals surface area (Å²) in [5, 5.41) is 4.61. The summed E-state index contributed by atoms with van der Waals surface area (Å²) in [4.78, 5) is 8.73. The zero-order chi connectivity index (χ0) is 14.4. The first-order valence-electron chi connectivity index (χ1n) is 7.48. The Balaban J connectivity index is 3.00. The van der Waals surface area contributed by atoms with Crippen LogP contribution in [-0.4, -0.2) is 24.1 Å². The number of aromatic nitrogens is 1. The fraction of sp³-hybridized carbons (Fsp3) is 0.800. The summed E-state index contributed by atoms with van der Waals surface area (Å²) in [5.41, 5.74) is 1.27. The van der Waals surface area contributed by atoms with Gasteiger partial charge in [0, 0.05) is 24.0 Å². The summed E-state index contributed by atoms with van der Waals surface area (Å²) in [6.45, 7) is 16.4. The zero-order valence-corrected chi connectivity index (χ0v) is 14.1. The molecule has 0 saturated heterocycles. The van der Waals surface area contributed by atoms with E-state index in [2.05, 4.69) is 51.8 Å². The van der Waals surface area contributed by atoms with Gasteiger partial charge < -0.3 is 10.2 Å². The Morgan fingerprint density at radius 2 is 1.89 bits per heavy atom. The van der Waals surface area contributed by atoms with E-state index in [9.17, 15) is 0 Å². The first-order valence-corrected chi connectivity index (χ1v) is 8.29. The van der Waals surface area contributed by atoms with Gasteiger partial charge in [-0.1, -0.05) is 27.7 Å². The SMILES string of the molecule is CCCN(c1nc(C(C)C)c(CNCC)s1)C(C)C. The van der Waals surface area contributed by atoms with Gasteiger partial charge in [0.15, 0.2) is 5.13 Å². The Hall–Kier alpha value is -0.610. The lowest BCUT2D eigenvalue weighted by Gasteiger charge is -2.25. The predicted molar refractivity (Wildman–Crippen MR) is 86.4 cm³/mol. The summed E-state index contributed by atoms with van der Waals surface area (Å²) in [6, 6.07) is 0.512. The minimum Gasteiger partial charge on any atom is -0.346 e. The number of nitrogens with zero attached hydrogens (tertiary/aromatic N) is 2. The van der Waals surface area contributed by atoms with E-state index >= 15 is 0 Å². The predicted octanol–water partition coefficient (Wildman–Crippen LogP) is 4.00. The Morgan fingerprint density at radius 3 is 2.37 bits per heavy atom. The standard InChI is InChI=1S/C15H29N3S/c1-7-9-18(12(5)6)15-17-14(11(3)4)13(19-15)10-16-8-2/h11-12,16H,7-10H2,1-6H3. The largest absolute Gasteiger partial charge is 0.346 e. The topological polar surface area (TPSA) is 28.2 Å². The van der Waals surface area contributed by atoms with Crippen LogP contribution in [-0.2, 0) is 6.54 Å². The van der Waals surface area contributed by atoms with Gasteiger partial charge in [-0.05, 0) is 32.7 Å². The molecule has 0 aliphatic rings. The average molecular weight is 283 g/mol. The maximum absolute atomic E-state index is 4.91. The highest BCUT2D eigenvalue weighted by Gasteiger charge is 2.19. The van der Waals surface area contributed by atoms with Crippen LogP contribution in [0.1, 0.15) is 64.5 Å². The molecular weight excluding hydrogens is 254 g/mol. The van der Waals surface area contributed by atoms with Gasteiger partial charge in [-0.25, -0.2) is 4.98 Å². The molecule has 0 aliphatic heterocycles. The lowest BCUT2D eigenvalue weighted by Crippen LogP contribution is -2.31. The highest BCUT2D eigenvalue weighted by molar-refractivity contribution is 7.15. The van der Waals surface area contributed by atoms with Crippen molar-refractivity contribution in [1.29, 1.82) is 0 Å². The molecule has 110 valence electrons. The third-order valence-corrected chi connectivity index (χ3v) is 4.24. The molecule has 0 aliphatic carbocycles. The molecule has 19 heavy (non-hydrogen) atoms. The number of hydrogen-bond donors (Lipinski definition) is 1. The molecule has 1 rings (SSSR count). The Kier molecular flexibility index (Phi) is 6.80. The normalized spacial score (nSPS) is 11.6. The maximum atomic E-state index is 4.91. The van der Waals surface area contributed by atoms with Gasteiger partial charge in [0.2, 0.25) is 0 Å². The van der Waals surface area contributed by atoms with E-state index in [-0.39, 0.29) is 0 Å². The fourth-order valence-corrected chi connectivity index (χ4v) is 3.45. The highest BCUT2D eigenvalue weighted by atomic mass is 32.1. The molecule has 1 aromatic rings. The highest BCUT2D eigenvalue weighted by Crippen LogP contribution is 2.31. The van der Waals surface area contributed by atoms with E-state index in [1.165, 1.54) is 15.7 Å². The molecule has 0 bridgehead atoms. The van der Waals surface area contributed by atoms with Crippen molar-refractivity contribution in [1.82, 2.24) is 10.3 Å². The minimum atomic E-state index is 0.495. The van der Waals surface area contributed by atoms with Crippen molar-refractivity contribution < 1.29 is 0 Å². The summed E-state index contributed by atoms with van der Waals surface area (Å²) in [5.74, 6) is 0.495. The molecule has 0 fully saturated rings. The Bertz CT molecular complexity index is 371. The second kappa shape index (κ2) is 7.85. The van der Waals surface area contributed by atoms with E-state index in [4.69, 9.17) is 4.98 Å². The lowest BCUT2D eigenvalue weighted by atomic mass is 10.1. The summed E-state index contributed by atoms with van der Waals surface area (Å²) >= 11 is 1.86. The lowest BCUT2D eigenvalue weighted by molar-refractivity contribution is 0.665. The molecule has 0 aromatic carbocycles. The van der Waals surface area contributed by atoms with Gasteiger partial charge in [0.1, 0.15) is 0 Å². The number of nitrogens with one attached hydrogen (secondary N) is 1. The number of hydrogen-bond acceptors (Lipinski definition) is 4. The Labute approximate surface area is 122 Å². The second-order valence-corrected chi connectivity index (χ2v) is 6.59. The van der Waals surface area contributed by atoms with Crippen molar-refractivity contribution in [2.24, 2.45) is 0 Å². The molecule has 0 atom stereocenters. The molecule has 1 heterocycles. The average Bonchev–Trinajstić information content (AvgIpc) is 2.76. The van der Waals surface area contributed by atoms with Crippen molar-refractivity contribution >= 4 is 16.5 Å². The molecule has 1 aromatic heterocycles. The molecule has 0 unspecified atom stereocenters. The van der Waals surface area contributed by atoms with Crippen LogP contribution in [0.2, 0.25) is 0 Å². The Morgan fingerprint density at radius 1 is 1.21 bits per heavy atom. The van der Waals surface area contributed by atoms with Gasteiger partial charge in [-0.2, -0.15) is 0 Å².